The number of rotatable bonds is 4. The van der Waals surface area contributed by atoms with E-state index in [4.69, 9.17) is 4.74 Å². The standard InChI is InChI=1S/C15H20INO2/c1-11-5-2-3-8-14(11)17-15(18)10-19-13-7-4-6-12(16)9-13/h4,6-7,9,11,14H,2-3,5,8,10H2,1H3,(H,17,18). The maximum Gasteiger partial charge on any atom is 0.258 e. The van der Waals surface area contributed by atoms with Crippen molar-refractivity contribution in [3.05, 3.63) is 27.8 Å². The Balaban J connectivity index is 1.78. The molecule has 0 saturated heterocycles. The number of hydrogen-bond acceptors (Lipinski definition) is 2. The fourth-order valence-electron chi connectivity index (χ4n) is 2.48. The van der Waals surface area contributed by atoms with Gasteiger partial charge in [-0.15, -0.1) is 0 Å². The van der Waals surface area contributed by atoms with E-state index in [9.17, 15) is 4.79 Å². The molecule has 1 aliphatic carbocycles. The summed E-state index contributed by atoms with van der Waals surface area (Å²) in [6, 6.07) is 8.05. The summed E-state index contributed by atoms with van der Waals surface area (Å²) in [5, 5.41) is 3.09. The van der Waals surface area contributed by atoms with Gasteiger partial charge in [0.1, 0.15) is 5.75 Å². The third-order valence-electron chi connectivity index (χ3n) is 3.62. The fourth-order valence-corrected chi connectivity index (χ4v) is 3.00. The minimum atomic E-state index is -0.0161. The first-order valence-electron chi connectivity index (χ1n) is 6.83. The Morgan fingerprint density at radius 3 is 2.95 bits per heavy atom. The van der Waals surface area contributed by atoms with Gasteiger partial charge in [0, 0.05) is 9.61 Å². The summed E-state index contributed by atoms with van der Waals surface area (Å²) in [6.07, 6.45) is 4.80. The Morgan fingerprint density at radius 2 is 2.21 bits per heavy atom. The average molecular weight is 373 g/mol. The molecule has 1 aromatic carbocycles. The van der Waals surface area contributed by atoms with Crippen LogP contribution >= 0.6 is 22.6 Å². The van der Waals surface area contributed by atoms with Crippen molar-refractivity contribution < 1.29 is 9.53 Å². The molecule has 0 radical (unpaired) electrons. The van der Waals surface area contributed by atoms with Gasteiger partial charge in [-0.3, -0.25) is 4.79 Å². The summed E-state index contributed by atoms with van der Waals surface area (Å²) in [4.78, 5) is 11.9. The normalized spacial score (nSPS) is 22.8. The molecule has 0 bridgehead atoms. The van der Waals surface area contributed by atoms with Crippen molar-refractivity contribution in [2.75, 3.05) is 6.61 Å². The molecule has 1 amide bonds. The number of ether oxygens (including phenoxy) is 1. The van der Waals surface area contributed by atoms with Crippen molar-refractivity contribution in [3.8, 4) is 5.75 Å². The third-order valence-corrected chi connectivity index (χ3v) is 4.29. The number of hydrogen-bond donors (Lipinski definition) is 1. The van der Waals surface area contributed by atoms with Crippen molar-refractivity contribution in [1.82, 2.24) is 5.32 Å². The van der Waals surface area contributed by atoms with Gasteiger partial charge < -0.3 is 10.1 Å². The van der Waals surface area contributed by atoms with Gasteiger partial charge in [0.15, 0.2) is 6.61 Å². The maximum atomic E-state index is 11.9. The molecule has 1 aromatic rings. The summed E-state index contributed by atoms with van der Waals surface area (Å²) in [7, 11) is 0. The molecule has 0 aliphatic heterocycles. The monoisotopic (exact) mass is 373 g/mol. The number of carbonyl (C=O) groups is 1. The summed E-state index contributed by atoms with van der Waals surface area (Å²) in [5.41, 5.74) is 0. The fraction of sp³-hybridized carbons (Fsp3) is 0.533. The second kappa shape index (κ2) is 7.12. The second-order valence-corrected chi connectivity index (χ2v) is 6.43. The van der Waals surface area contributed by atoms with E-state index in [0.717, 1.165) is 15.7 Å². The maximum absolute atomic E-state index is 11.9. The van der Waals surface area contributed by atoms with Crippen LogP contribution in [0.1, 0.15) is 32.6 Å². The highest BCUT2D eigenvalue weighted by Crippen LogP contribution is 2.23. The highest BCUT2D eigenvalue weighted by Gasteiger charge is 2.22. The van der Waals surface area contributed by atoms with Crippen molar-refractivity contribution in [3.63, 3.8) is 0 Å². The molecule has 0 aromatic heterocycles. The molecule has 2 rings (SSSR count). The van der Waals surface area contributed by atoms with Crippen LogP contribution in [0.5, 0.6) is 5.75 Å². The van der Waals surface area contributed by atoms with Crippen LogP contribution in [0, 0.1) is 9.49 Å². The Morgan fingerprint density at radius 1 is 1.42 bits per heavy atom. The molecule has 104 valence electrons. The lowest BCUT2D eigenvalue weighted by atomic mass is 9.86. The summed E-state index contributed by atoms with van der Waals surface area (Å²) in [6.45, 7) is 2.31. The number of amides is 1. The number of carbonyl (C=O) groups excluding carboxylic acids is 1. The molecule has 1 N–H and O–H groups in total. The molecular formula is C15H20INO2. The van der Waals surface area contributed by atoms with E-state index in [1.165, 1.54) is 19.3 Å². The first kappa shape index (κ1) is 14.6. The van der Waals surface area contributed by atoms with Crippen LogP contribution in [-0.4, -0.2) is 18.6 Å². The van der Waals surface area contributed by atoms with E-state index in [0.29, 0.717) is 12.0 Å². The second-order valence-electron chi connectivity index (χ2n) is 5.18. The lowest BCUT2D eigenvalue weighted by Gasteiger charge is -2.29. The topological polar surface area (TPSA) is 38.3 Å². The lowest BCUT2D eigenvalue weighted by molar-refractivity contribution is -0.124. The van der Waals surface area contributed by atoms with E-state index in [-0.39, 0.29) is 12.5 Å². The van der Waals surface area contributed by atoms with Crippen LogP contribution in [0.2, 0.25) is 0 Å². The molecule has 4 heteroatoms. The highest BCUT2D eigenvalue weighted by molar-refractivity contribution is 14.1. The van der Waals surface area contributed by atoms with Gasteiger partial charge in [0.05, 0.1) is 0 Å². The van der Waals surface area contributed by atoms with E-state index < -0.39 is 0 Å². The summed E-state index contributed by atoms with van der Waals surface area (Å²) >= 11 is 2.23. The molecule has 0 spiro atoms. The van der Waals surface area contributed by atoms with E-state index in [2.05, 4.69) is 34.8 Å². The molecule has 2 atom stereocenters. The molecule has 19 heavy (non-hydrogen) atoms. The van der Waals surface area contributed by atoms with Gasteiger partial charge in [0.25, 0.3) is 5.91 Å². The molecule has 1 saturated carbocycles. The first-order chi connectivity index (χ1) is 9.15. The molecule has 3 nitrogen and oxygen atoms in total. The Hall–Kier alpha value is -0.780. The van der Waals surface area contributed by atoms with Crippen molar-refractivity contribution in [2.24, 2.45) is 5.92 Å². The number of nitrogens with one attached hydrogen (secondary N) is 1. The zero-order chi connectivity index (χ0) is 13.7. The summed E-state index contributed by atoms with van der Waals surface area (Å²) in [5.74, 6) is 1.31. The van der Waals surface area contributed by atoms with E-state index in [1.54, 1.807) is 0 Å². The van der Waals surface area contributed by atoms with Crippen LogP contribution in [-0.2, 0) is 4.79 Å². The van der Waals surface area contributed by atoms with Gasteiger partial charge in [-0.1, -0.05) is 25.8 Å². The Kier molecular flexibility index (Phi) is 5.48. The highest BCUT2D eigenvalue weighted by atomic mass is 127. The minimum Gasteiger partial charge on any atom is -0.484 e. The lowest BCUT2D eigenvalue weighted by Crippen LogP contribution is -2.43. The molecule has 2 unspecified atom stereocenters. The smallest absolute Gasteiger partial charge is 0.258 e. The van der Waals surface area contributed by atoms with Gasteiger partial charge in [-0.05, 0) is 59.5 Å². The van der Waals surface area contributed by atoms with Crippen LogP contribution < -0.4 is 10.1 Å². The third kappa shape index (κ3) is 4.67. The van der Waals surface area contributed by atoms with Crippen molar-refractivity contribution in [2.45, 2.75) is 38.6 Å². The molecule has 1 aliphatic rings. The summed E-state index contributed by atoms with van der Waals surface area (Å²) < 4.78 is 6.62. The Labute approximate surface area is 128 Å². The quantitative estimate of drug-likeness (QED) is 0.822. The average Bonchev–Trinajstić information content (AvgIpc) is 2.39. The number of benzene rings is 1. The number of halogens is 1. The van der Waals surface area contributed by atoms with Crippen LogP contribution in [0.15, 0.2) is 24.3 Å². The van der Waals surface area contributed by atoms with Gasteiger partial charge in [0.2, 0.25) is 0 Å². The van der Waals surface area contributed by atoms with E-state index in [1.807, 2.05) is 24.3 Å². The predicted octanol–water partition coefficient (Wildman–Crippen LogP) is 3.36. The predicted molar refractivity (Wildman–Crippen MR) is 84.2 cm³/mol. The molecule has 1 fully saturated rings. The van der Waals surface area contributed by atoms with Crippen molar-refractivity contribution >= 4 is 28.5 Å². The van der Waals surface area contributed by atoms with Gasteiger partial charge in [-0.2, -0.15) is 0 Å². The Bertz CT molecular complexity index is 436. The first-order valence-corrected chi connectivity index (χ1v) is 7.91. The van der Waals surface area contributed by atoms with Gasteiger partial charge >= 0.3 is 0 Å². The van der Waals surface area contributed by atoms with Crippen molar-refractivity contribution in [1.29, 1.82) is 0 Å². The SMILES string of the molecule is CC1CCCCC1NC(=O)COc1cccc(I)c1. The van der Waals surface area contributed by atoms with Crippen LogP contribution in [0.4, 0.5) is 0 Å². The van der Waals surface area contributed by atoms with Crippen LogP contribution in [0.3, 0.4) is 0 Å². The van der Waals surface area contributed by atoms with Gasteiger partial charge in [-0.25, -0.2) is 0 Å². The molecular weight excluding hydrogens is 353 g/mol. The minimum absolute atomic E-state index is 0.0161. The van der Waals surface area contributed by atoms with Crippen LogP contribution in [0.25, 0.3) is 0 Å². The molecule has 0 heterocycles. The van der Waals surface area contributed by atoms with E-state index >= 15 is 0 Å². The largest absolute Gasteiger partial charge is 0.484 e. The zero-order valence-electron chi connectivity index (χ0n) is 11.2. The zero-order valence-corrected chi connectivity index (χ0v) is 13.4.